The van der Waals surface area contributed by atoms with Crippen molar-refractivity contribution >= 4 is 5.97 Å². The summed E-state index contributed by atoms with van der Waals surface area (Å²) in [5.41, 5.74) is 1.26. The Morgan fingerprint density at radius 2 is 1.75 bits per heavy atom. The van der Waals surface area contributed by atoms with Crippen molar-refractivity contribution in [2.24, 2.45) is 0 Å². The van der Waals surface area contributed by atoms with Crippen molar-refractivity contribution in [3.05, 3.63) is 35.9 Å². The van der Waals surface area contributed by atoms with Crippen molar-refractivity contribution < 1.29 is 9.90 Å². The van der Waals surface area contributed by atoms with Crippen molar-refractivity contribution in [2.45, 2.75) is 52.0 Å². The lowest BCUT2D eigenvalue weighted by molar-refractivity contribution is -0.137. The van der Waals surface area contributed by atoms with Crippen LogP contribution in [0.4, 0.5) is 0 Å². The molecule has 0 fully saturated rings. The maximum atomic E-state index is 10.7. The molecule has 112 valence electrons. The third kappa shape index (κ3) is 7.95. The summed E-state index contributed by atoms with van der Waals surface area (Å²) in [7, 11) is 0. The fraction of sp³-hybridized carbons (Fsp3) is 0.588. The molecule has 3 nitrogen and oxygen atoms in total. The summed E-state index contributed by atoms with van der Waals surface area (Å²) in [5.74, 6) is -0.714. The van der Waals surface area contributed by atoms with Crippen molar-refractivity contribution in [3.63, 3.8) is 0 Å². The second-order valence-electron chi connectivity index (χ2n) is 5.32. The molecule has 1 N–H and O–H groups in total. The SMILES string of the molecule is CCCCCCCN(CCC(=O)O)Cc1ccccc1. The largest absolute Gasteiger partial charge is 0.481 e. The summed E-state index contributed by atoms with van der Waals surface area (Å²) in [6.45, 7) is 4.69. The van der Waals surface area contributed by atoms with Crippen LogP contribution in [-0.2, 0) is 11.3 Å². The smallest absolute Gasteiger partial charge is 0.304 e. The highest BCUT2D eigenvalue weighted by Crippen LogP contribution is 2.09. The van der Waals surface area contributed by atoms with Gasteiger partial charge in [-0.15, -0.1) is 0 Å². The van der Waals surface area contributed by atoms with Gasteiger partial charge in [-0.2, -0.15) is 0 Å². The Morgan fingerprint density at radius 3 is 2.40 bits per heavy atom. The molecule has 3 heteroatoms. The Morgan fingerprint density at radius 1 is 1.05 bits per heavy atom. The van der Waals surface area contributed by atoms with Gasteiger partial charge in [0.1, 0.15) is 0 Å². The number of carboxylic acid groups (broad SMARTS) is 1. The fourth-order valence-electron chi connectivity index (χ4n) is 2.30. The van der Waals surface area contributed by atoms with E-state index in [1.165, 1.54) is 31.2 Å². The summed E-state index contributed by atoms with van der Waals surface area (Å²) in [6, 6.07) is 10.3. The minimum Gasteiger partial charge on any atom is -0.481 e. The maximum absolute atomic E-state index is 10.7. The molecule has 0 unspecified atom stereocenters. The van der Waals surface area contributed by atoms with Gasteiger partial charge in [-0.1, -0.05) is 62.9 Å². The number of carboxylic acids is 1. The van der Waals surface area contributed by atoms with E-state index in [1.807, 2.05) is 18.2 Å². The lowest BCUT2D eigenvalue weighted by atomic mass is 10.1. The molecule has 0 amide bonds. The second-order valence-corrected chi connectivity index (χ2v) is 5.32. The van der Waals surface area contributed by atoms with Crippen LogP contribution in [0, 0.1) is 0 Å². The van der Waals surface area contributed by atoms with Gasteiger partial charge in [-0.3, -0.25) is 9.69 Å². The van der Waals surface area contributed by atoms with Crippen LogP contribution < -0.4 is 0 Å². The van der Waals surface area contributed by atoms with Gasteiger partial charge in [0.25, 0.3) is 0 Å². The van der Waals surface area contributed by atoms with Gasteiger partial charge >= 0.3 is 5.97 Å². The Hall–Kier alpha value is -1.35. The fourth-order valence-corrected chi connectivity index (χ4v) is 2.30. The highest BCUT2D eigenvalue weighted by molar-refractivity contribution is 5.66. The highest BCUT2D eigenvalue weighted by atomic mass is 16.4. The van der Waals surface area contributed by atoms with Crippen LogP contribution in [0.3, 0.4) is 0 Å². The van der Waals surface area contributed by atoms with E-state index in [2.05, 4.69) is 24.0 Å². The van der Waals surface area contributed by atoms with Gasteiger partial charge in [-0.05, 0) is 18.5 Å². The predicted octanol–water partition coefficient (Wildman–Crippen LogP) is 3.93. The molecule has 0 saturated carbocycles. The first-order chi connectivity index (χ1) is 9.72. The van der Waals surface area contributed by atoms with Crippen molar-refractivity contribution in [1.82, 2.24) is 4.90 Å². The molecule has 0 atom stereocenters. The van der Waals surface area contributed by atoms with Gasteiger partial charge < -0.3 is 5.11 Å². The number of rotatable bonds is 11. The van der Waals surface area contributed by atoms with Gasteiger partial charge in [0.2, 0.25) is 0 Å². The van der Waals surface area contributed by atoms with Crippen LogP contribution in [0.15, 0.2) is 30.3 Å². The Bertz CT molecular complexity index is 365. The van der Waals surface area contributed by atoms with E-state index in [0.29, 0.717) is 6.54 Å². The summed E-state index contributed by atoms with van der Waals surface area (Å²) < 4.78 is 0. The first-order valence-corrected chi connectivity index (χ1v) is 7.70. The van der Waals surface area contributed by atoms with Crippen molar-refractivity contribution in [1.29, 1.82) is 0 Å². The molecule has 0 aliphatic rings. The number of nitrogens with zero attached hydrogens (tertiary/aromatic N) is 1. The van der Waals surface area contributed by atoms with Gasteiger partial charge in [0.15, 0.2) is 0 Å². The number of aliphatic carboxylic acids is 1. The standard InChI is InChI=1S/C17H27NO2/c1-2-3-4-5-9-13-18(14-12-17(19)20)15-16-10-7-6-8-11-16/h6-8,10-11H,2-5,9,12-15H2,1H3,(H,19,20). The summed E-state index contributed by atoms with van der Waals surface area (Å²) >= 11 is 0. The number of hydrogen-bond donors (Lipinski definition) is 1. The molecule has 0 aromatic heterocycles. The van der Waals surface area contributed by atoms with E-state index < -0.39 is 5.97 Å². The molecule has 0 aliphatic carbocycles. The molecule has 0 saturated heterocycles. The third-order valence-electron chi connectivity index (χ3n) is 3.47. The van der Waals surface area contributed by atoms with Crippen LogP contribution >= 0.6 is 0 Å². The van der Waals surface area contributed by atoms with Crippen LogP contribution in [0.1, 0.15) is 51.0 Å². The molecule has 0 heterocycles. The predicted molar refractivity (Wildman–Crippen MR) is 82.7 cm³/mol. The molecular weight excluding hydrogens is 250 g/mol. The second kappa shape index (κ2) is 10.4. The Balaban J connectivity index is 2.37. The molecule has 0 bridgehead atoms. The number of hydrogen-bond acceptors (Lipinski definition) is 2. The van der Waals surface area contributed by atoms with Crippen LogP contribution in [-0.4, -0.2) is 29.1 Å². The molecule has 0 radical (unpaired) electrons. The quantitative estimate of drug-likeness (QED) is 0.623. The van der Waals surface area contributed by atoms with Crippen LogP contribution in [0.2, 0.25) is 0 Å². The summed E-state index contributed by atoms with van der Waals surface area (Å²) in [4.78, 5) is 13.0. The Labute approximate surface area is 122 Å². The van der Waals surface area contributed by atoms with Gasteiger partial charge in [0.05, 0.1) is 6.42 Å². The molecule has 0 aliphatic heterocycles. The van der Waals surface area contributed by atoms with E-state index in [0.717, 1.165) is 19.5 Å². The molecular formula is C17H27NO2. The van der Waals surface area contributed by atoms with Crippen LogP contribution in [0.25, 0.3) is 0 Å². The zero-order valence-electron chi connectivity index (χ0n) is 12.6. The topological polar surface area (TPSA) is 40.5 Å². The minimum absolute atomic E-state index is 0.224. The number of unbranched alkanes of at least 4 members (excludes halogenated alkanes) is 4. The van der Waals surface area contributed by atoms with E-state index in [1.54, 1.807) is 0 Å². The number of carbonyl (C=O) groups is 1. The average molecular weight is 277 g/mol. The van der Waals surface area contributed by atoms with Gasteiger partial charge in [0, 0.05) is 13.1 Å². The van der Waals surface area contributed by atoms with E-state index in [-0.39, 0.29) is 6.42 Å². The molecule has 1 aromatic carbocycles. The minimum atomic E-state index is -0.714. The zero-order valence-corrected chi connectivity index (χ0v) is 12.6. The highest BCUT2D eigenvalue weighted by Gasteiger charge is 2.08. The number of benzene rings is 1. The molecule has 0 spiro atoms. The zero-order chi connectivity index (χ0) is 14.6. The monoisotopic (exact) mass is 277 g/mol. The Kier molecular flexibility index (Phi) is 8.72. The van der Waals surface area contributed by atoms with E-state index in [9.17, 15) is 4.79 Å². The van der Waals surface area contributed by atoms with E-state index >= 15 is 0 Å². The lowest BCUT2D eigenvalue weighted by Gasteiger charge is -2.21. The van der Waals surface area contributed by atoms with Crippen LogP contribution in [0.5, 0.6) is 0 Å². The van der Waals surface area contributed by atoms with Crippen molar-refractivity contribution in [3.8, 4) is 0 Å². The summed E-state index contributed by atoms with van der Waals surface area (Å²) in [5, 5.41) is 8.84. The normalized spacial score (nSPS) is 10.9. The van der Waals surface area contributed by atoms with Crippen molar-refractivity contribution in [2.75, 3.05) is 13.1 Å². The first-order valence-electron chi connectivity index (χ1n) is 7.70. The van der Waals surface area contributed by atoms with Gasteiger partial charge in [-0.25, -0.2) is 0 Å². The third-order valence-corrected chi connectivity index (χ3v) is 3.47. The lowest BCUT2D eigenvalue weighted by Crippen LogP contribution is -2.27. The average Bonchev–Trinajstić information content (AvgIpc) is 2.45. The summed E-state index contributed by atoms with van der Waals surface area (Å²) in [6.07, 6.45) is 6.47. The van der Waals surface area contributed by atoms with E-state index in [4.69, 9.17) is 5.11 Å². The first kappa shape index (κ1) is 16.7. The molecule has 1 rings (SSSR count). The maximum Gasteiger partial charge on any atom is 0.304 e. The molecule has 20 heavy (non-hydrogen) atoms. The molecule has 1 aromatic rings.